The lowest BCUT2D eigenvalue weighted by Crippen LogP contribution is -2.26. The van der Waals surface area contributed by atoms with Crippen LogP contribution in [0.3, 0.4) is 0 Å². The Morgan fingerprint density at radius 2 is 0.855 bits per heavy atom. The number of hydrogen-bond acceptors (Lipinski definition) is 6. The van der Waals surface area contributed by atoms with Crippen molar-refractivity contribution < 1.29 is 9.59 Å². The quantitative estimate of drug-likeness (QED) is 0.112. The molecular formula is C50H74Cl4N6O2. The number of nitrogens with one attached hydrogen (secondary N) is 2. The van der Waals surface area contributed by atoms with Crippen molar-refractivity contribution in [3.05, 3.63) is 93.6 Å². The zero-order chi connectivity index (χ0) is 41.9. The third kappa shape index (κ3) is 14.9. The van der Waals surface area contributed by atoms with Crippen molar-refractivity contribution in [2.45, 2.75) is 146 Å². The SMILES string of the molecule is Cc1ccc(-c2c(CN)c(CC(C)C)nc(C)c2NC(=O)C2CCCCC2)cc1.Cc1ccc(-c2c(CN)c(CC(C)C)nc(C)c2NC(=O)C2CCCCC2)cc1.Cl.Cl.Cl.Cl. The van der Waals surface area contributed by atoms with E-state index < -0.39 is 0 Å². The van der Waals surface area contributed by atoms with Gasteiger partial charge in [0.15, 0.2) is 0 Å². The lowest BCUT2D eigenvalue weighted by molar-refractivity contribution is -0.121. The largest absolute Gasteiger partial charge is 0.326 e. The number of nitrogens with zero attached hydrogens (tertiary/aromatic N) is 2. The van der Waals surface area contributed by atoms with Gasteiger partial charge in [0.1, 0.15) is 0 Å². The minimum Gasteiger partial charge on any atom is -0.326 e. The fourth-order valence-corrected chi connectivity index (χ4v) is 8.72. The van der Waals surface area contributed by atoms with Gasteiger partial charge in [-0.2, -0.15) is 0 Å². The summed E-state index contributed by atoms with van der Waals surface area (Å²) < 4.78 is 0. The van der Waals surface area contributed by atoms with E-state index in [1.165, 1.54) is 24.0 Å². The van der Waals surface area contributed by atoms with Gasteiger partial charge in [0.25, 0.3) is 0 Å². The highest BCUT2D eigenvalue weighted by molar-refractivity contribution is 5.99. The smallest absolute Gasteiger partial charge is 0.227 e. The first kappa shape index (κ1) is 56.8. The number of carbonyl (C=O) groups excluding carboxylic acids is 2. The summed E-state index contributed by atoms with van der Waals surface area (Å²) in [6, 6.07) is 16.9. The molecule has 4 aromatic rings. The summed E-state index contributed by atoms with van der Waals surface area (Å²) in [6.07, 6.45) is 12.7. The molecule has 8 nitrogen and oxygen atoms in total. The van der Waals surface area contributed by atoms with Gasteiger partial charge in [-0.05, 0) is 100 Å². The summed E-state index contributed by atoms with van der Waals surface area (Å²) in [7, 11) is 0. The van der Waals surface area contributed by atoms with Crippen LogP contribution in [0, 0.1) is 51.4 Å². The second kappa shape index (κ2) is 27.2. The van der Waals surface area contributed by atoms with Crippen LogP contribution in [0.15, 0.2) is 48.5 Å². The van der Waals surface area contributed by atoms with Gasteiger partial charge in [-0.3, -0.25) is 19.6 Å². The maximum Gasteiger partial charge on any atom is 0.227 e. The number of nitrogens with two attached hydrogens (primary N) is 2. The topological polar surface area (TPSA) is 136 Å². The molecule has 2 aliphatic rings. The van der Waals surface area contributed by atoms with Gasteiger partial charge in [-0.15, -0.1) is 49.6 Å². The standard InChI is InChI=1S/2C25H35N3O.4ClH/c2*1-16(2)14-22-21(15-26)23(19-12-10-17(3)11-13-19)24(18(4)27-22)28-25(29)20-8-6-5-7-9-20;;;;/h2*10-13,16,20H,5-9,14-15,26H2,1-4H3,(H,28,29);4*1H. The normalized spacial score (nSPS) is 14.0. The van der Waals surface area contributed by atoms with E-state index in [2.05, 4.69) is 101 Å². The van der Waals surface area contributed by atoms with Crippen molar-refractivity contribution >= 4 is 72.8 Å². The summed E-state index contributed by atoms with van der Waals surface area (Å²) in [6.45, 7) is 17.8. The molecule has 0 bridgehead atoms. The summed E-state index contributed by atoms with van der Waals surface area (Å²) in [4.78, 5) is 35.9. The highest BCUT2D eigenvalue weighted by atomic mass is 35.5. The van der Waals surface area contributed by atoms with Gasteiger partial charge in [0.2, 0.25) is 11.8 Å². The van der Waals surface area contributed by atoms with Gasteiger partial charge in [-0.1, -0.05) is 126 Å². The molecule has 2 aliphatic carbocycles. The Kier molecular flexibility index (Phi) is 24.9. The van der Waals surface area contributed by atoms with E-state index in [0.717, 1.165) is 132 Å². The molecule has 12 heteroatoms. The van der Waals surface area contributed by atoms with Crippen LogP contribution in [0.25, 0.3) is 22.3 Å². The summed E-state index contributed by atoms with van der Waals surface area (Å²) in [5, 5.41) is 6.52. The predicted octanol–water partition coefficient (Wildman–Crippen LogP) is 12.8. The van der Waals surface area contributed by atoms with E-state index in [9.17, 15) is 9.59 Å². The molecule has 0 saturated heterocycles. The first-order valence-electron chi connectivity index (χ1n) is 22.0. The van der Waals surface area contributed by atoms with Crippen LogP contribution in [-0.4, -0.2) is 21.8 Å². The van der Waals surface area contributed by atoms with Crippen molar-refractivity contribution in [3.63, 3.8) is 0 Å². The number of pyridine rings is 2. The van der Waals surface area contributed by atoms with Crippen LogP contribution in [0.2, 0.25) is 0 Å². The Morgan fingerprint density at radius 3 is 1.13 bits per heavy atom. The van der Waals surface area contributed by atoms with Gasteiger partial charge < -0.3 is 22.1 Å². The second-order valence-corrected chi connectivity index (χ2v) is 17.7. The summed E-state index contributed by atoms with van der Waals surface area (Å²) in [5.41, 5.74) is 26.8. The number of hydrogen-bond donors (Lipinski definition) is 4. The summed E-state index contributed by atoms with van der Waals surface area (Å²) in [5.74, 6) is 1.43. The number of carbonyl (C=O) groups is 2. The molecule has 0 aliphatic heterocycles. The fraction of sp³-hybridized carbons (Fsp3) is 0.520. The third-order valence-electron chi connectivity index (χ3n) is 11.9. The molecule has 2 amide bonds. The molecular weight excluding hydrogens is 858 g/mol. The zero-order valence-electron chi connectivity index (χ0n) is 38.3. The first-order chi connectivity index (χ1) is 27.8. The van der Waals surface area contributed by atoms with Crippen molar-refractivity contribution in [1.29, 1.82) is 0 Å². The van der Waals surface area contributed by atoms with Gasteiger partial charge >= 0.3 is 0 Å². The molecule has 0 atom stereocenters. The van der Waals surface area contributed by atoms with Crippen LogP contribution < -0.4 is 22.1 Å². The number of aromatic nitrogens is 2. The minimum atomic E-state index is 0. The Hall–Kier alpha value is -3.24. The molecule has 2 fully saturated rings. The van der Waals surface area contributed by atoms with Gasteiger partial charge in [0.05, 0.1) is 22.8 Å². The monoisotopic (exact) mass is 930 g/mol. The van der Waals surface area contributed by atoms with E-state index >= 15 is 0 Å². The number of benzene rings is 2. The average Bonchev–Trinajstić information content (AvgIpc) is 3.20. The third-order valence-corrected chi connectivity index (χ3v) is 11.9. The molecule has 344 valence electrons. The number of rotatable bonds is 12. The van der Waals surface area contributed by atoms with E-state index in [4.69, 9.17) is 21.4 Å². The predicted molar refractivity (Wildman–Crippen MR) is 271 cm³/mol. The number of amides is 2. The van der Waals surface area contributed by atoms with Crippen molar-refractivity contribution in [2.75, 3.05) is 10.6 Å². The minimum absolute atomic E-state index is 0. The van der Waals surface area contributed by atoms with Crippen LogP contribution in [0.5, 0.6) is 0 Å². The van der Waals surface area contributed by atoms with Gasteiger partial charge in [-0.25, -0.2) is 0 Å². The van der Waals surface area contributed by atoms with Crippen molar-refractivity contribution in [3.8, 4) is 22.3 Å². The molecule has 2 aromatic carbocycles. The Balaban J connectivity index is 0.000000582. The molecule has 2 heterocycles. The lowest BCUT2D eigenvalue weighted by Gasteiger charge is -2.25. The van der Waals surface area contributed by atoms with Crippen LogP contribution in [0.4, 0.5) is 11.4 Å². The fourth-order valence-electron chi connectivity index (χ4n) is 8.72. The second-order valence-electron chi connectivity index (χ2n) is 17.7. The van der Waals surface area contributed by atoms with Gasteiger partial charge in [0, 0.05) is 47.4 Å². The van der Waals surface area contributed by atoms with Crippen LogP contribution in [0.1, 0.15) is 137 Å². The molecule has 0 spiro atoms. The van der Waals surface area contributed by atoms with E-state index in [-0.39, 0.29) is 73.3 Å². The molecule has 2 saturated carbocycles. The zero-order valence-corrected chi connectivity index (χ0v) is 41.6. The molecule has 0 radical (unpaired) electrons. The number of halogens is 4. The Morgan fingerprint density at radius 1 is 0.548 bits per heavy atom. The highest BCUT2D eigenvalue weighted by Crippen LogP contribution is 2.39. The molecule has 62 heavy (non-hydrogen) atoms. The molecule has 6 N–H and O–H groups in total. The molecule has 0 unspecified atom stereocenters. The maximum absolute atomic E-state index is 13.0. The van der Waals surface area contributed by atoms with Crippen LogP contribution >= 0.6 is 49.6 Å². The van der Waals surface area contributed by atoms with E-state index in [0.29, 0.717) is 24.9 Å². The lowest BCUT2D eigenvalue weighted by atomic mass is 9.88. The van der Waals surface area contributed by atoms with Crippen molar-refractivity contribution in [1.82, 2.24) is 9.97 Å². The maximum atomic E-state index is 13.0. The summed E-state index contributed by atoms with van der Waals surface area (Å²) >= 11 is 0. The van der Waals surface area contributed by atoms with Crippen LogP contribution in [-0.2, 0) is 35.5 Å². The first-order valence-corrected chi connectivity index (χ1v) is 22.0. The molecule has 2 aromatic heterocycles. The highest BCUT2D eigenvalue weighted by Gasteiger charge is 2.27. The Bertz CT molecular complexity index is 1870. The molecule has 6 rings (SSSR count). The van der Waals surface area contributed by atoms with E-state index in [1.54, 1.807) is 0 Å². The van der Waals surface area contributed by atoms with Crippen molar-refractivity contribution in [2.24, 2.45) is 35.1 Å². The number of aryl methyl sites for hydroxylation is 4. The average molecular weight is 933 g/mol. The Labute approximate surface area is 397 Å². The number of anilines is 2. The van der Waals surface area contributed by atoms with E-state index in [1.807, 2.05) is 13.8 Å².